The number of unbranched alkanes of at least 4 members (excludes halogenated alkanes) is 1. The number of rotatable bonds is 13. The number of aromatic nitrogens is 3. The fraction of sp³-hybridized carbons (Fsp3) is 0.333. The van der Waals surface area contributed by atoms with Crippen molar-refractivity contribution in [1.82, 2.24) is 20.5 Å². The smallest absolute Gasteiger partial charge is 0.444 e. The van der Waals surface area contributed by atoms with Gasteiger partial charge in [-0.15, -0.1) is 13.2 Å². The van der Waals surface area contributed by atoms with Gasteiger partial charge in [0.15, 0.2) is 23.8 Å². The van der Waals surface area contributed by atoms with Crippen LogP contribution in [0.25, 0.3) is 22.2 Å². The van der Waals surface area contributed by atoms with Gasteiger partial charge in [-0.2, -0.15) is 5.10 Å². The summed E-state index contributed by atoms with van der Waals surface area (Å²) < 4.78 is 78.5. The fourth-order valence-electron chi connectivity index (χ4n) is 3.67. The number of H-pyrrole nitrogens is 1. The largest absolute Gasteiger partial charge is 0.573 e. The molecule has 2 aromatic heterocycles. The van der Waals surface area contributed by atoms with Gasteiger partial charge in [-0.05, 0) is 49.2 Å². The molecule has 0 aliphatic carbocycles. The molecule has 0 saturated heterocycles. The van der Waals surface area contributed by atoms with Gasteiger partial charge in [-0.3, -0.25) is 5.10 Å². The summed E-state index contributed by atoms with van der Waals surface area (Å²) in [6, 6.07) is 5.51. The molecule has 0 bridgehead atoms. The molecular formula is C24H24F5N5O3. The maximum atomic E-state index is 13.7. The van der Waals surface area contributed by atoms with Gasteiger partial charge in [0.25, 0.3) is 0 Å². The molecule has 0 aliphatic heterocycles. The number of alkyl halides is 3. The van der Waals surface area contributed by atoms with E-state index in [1.54, 1.807) is 12.4 Å². The van der Waals surface area contributed by atoms with Crippen molar-refractivity contribution in [1.29, 1.82) is 0 Å². The van der Waals surface area contributed by atoms with Crippen LogP contribution in [0.3, 0.4) is 0 Å². The highest BCUT2D eigenvalue weighted by molar-refractivity contribution is 5.94. The average Bonchev–Trinajstić information content (AvgIpc) is 3.54. The Bertz CT molecular complexity index is 1270. The zero-order valence-electron chi connectivity index (χ0n) is 19.5. The molecule has 13 heteroatoms. The lowest BCUT2D eigenvalue weighted by Gasteiger charge is -2.12. The topological polar surface area (TPSA) is 97.2 Å². The van der Waals surface area contributed by atoms with Crippen molar-refractivity contribution in [2.45, 2.75) is 25.7 Å². The molecule has 0 aliphatic rings. The second kappa shape index (κ2) is 12.0. The number of hydrogen-bond acceptors (Lipinski definition) is 7. The molecule has 2 heterocycles. The molecule has 3 N–H and O–H groups in total. The first kappa shape index (κ1) is 26.4. The van der Waals surface area contributed by atoms with E-state index in [-0.39, 0.29) is 12.1 Å². The predicted octanol–water partition coefficient (Wildman–Crippen LogP) is 5.39. The molecule has 37 heavy (non-hydrogen) atoms. The molecule has 0 atom stereocenters. The summed E-state index contributed by atoms with van der Waals surface area (Å²) in [6.45, 7) is 2.21. The van der Waals surface area contributed by atoms with Crippen molar-refractivity contribution in [3.63, 3.8) is 0 Å². The summed E-state index contributed by atoms with van der Waals surface area (Å²) >= 11 is 0. The van der Waals surface area contributed by atoms with Gasteiger partial charge in [0.1, 0.15) is 0 Å². The highest BCUT2D eigenvalue weighted by Crippen LogP contribution is 2.30. The van der Waals surface area contributed by atoms with Crippen LogP contribution in [0.1, 0.15) is 18.4 Å². The van der Waals surface area contributed by atoms with Gasteiger partial charge in [0.05, 0.1) is 24.5 Å². The summed E-state index contributed by atoms with van der Waals surface area (Å²) in [5.74, 6) is -3.63. The SMILES string of the molecule is Fc1cc(CNCCCCOCCNc2cc(-c3cnco3)cc3[nH]ncc23)cc(F)c1OC(F)(F)F. The highest BCUT2D eigenvalue weighted by atomic mass is 19.4. The van der Waals surface area contributed by atoms with Gasteiger partial charge in [0, 0.05) is 36.3 Å². The zero-order valence-corrected chi connectivity index (χ0v) is 19.5. The Morgan fingerprint density at radius 1 is 0.973 bits per heavy atom. The lowest BCUT2D eigenvalue weighted by atomic mass is 10.1. The molecule has 0 saturated carbocycles. The summed E-state index contributed by atoms with van der Waals surface area (Å²) in [5, 5.41) is 14.3. The summed E-state index contributed by atoms with van der Waals surface area (Å²) in [5.41, 5.74) is 2.78. The molecule has 4 aromatic rings. The molecule has 2 aromatic carbocycles. The number of nitrogens with one attached hydrogen (secondary N) is 3. The van der Waals surface area contributed by atoms with E-state index < -0.39 is 23.7 Å². The standard InChI is InChI=1S/C24H24F5N5O3/c25-18-7-15(8-19(26)23(18)37-24(27,28)29)11-30-3-1-2-5-35-6-4-32-20-9-16(22-13-31-14-36-22)10-21-17(20)12-33-34-21/h7-10,12-14,30,32H,1-6,11H2,(H,33,34). The summed E-state index contributed by atoms with van der Waals surface area (Å²) in [4.78, 5) is 3.95. The maximum Gasteiger partial charge on any atom is 0.573 e. The van der Waals surface area contributed by atoms with Gasteiger partial charge in [-0.25, -0.2) is 13.8 Å². The van der Waals surface area contributed by atoms with E-state index in [9.17, 15) is 22.0 Å². The van der Waals surface area contributed by atoms with Gasteiger partial charge in [0.2, 0.25) is 5.75 Å². The Morgan fingerprint density at radius 3 is 2.51 bits per heavy atom. The number of fused-ring (bicyclic) bond motifs is 1. The van der Waals surface area contributed by atoms with E-state index in [0.29, 0.717) is 32.1 Å². The number of nitrogens with zero attached hydrogens (tertiary/aromatic N) is 2. The Kier molecular flexibility index (Phi) is 8.56. The van der Waals surface area contributed by atoms with Gasteiger partial charge >= 0.3 is 6.36 Å². The monoisotopic (exact) mass is 525 g/mol. The third-order valence-electron chi connectivity index (χ3n) is 5.33. The molecule has 0 amide bonds. The Morgan fingerprint density at radius 2 is 1.78 bits per heavy atom. The van der Waals surface area contributed by atoms with E-state index in [2.05, 4.69) is 30.6 Å². The summed E-state index contributed by atoms with van der Waals surface area (Å²) in [6.07, 6.45) is 1.07. The normalized spacial score (nSPS) is 11.8. The number of benzene rings is 2. The molecule has 0 fully saturated rings. The van der Waals surface area contributed by atoms with E-state index in [4.69, 9.17) is 9.15 Å². The van der Waals surface area contributed by atoms with E-state index in [0.717, 1.165) is 47.1 Å². The fourth-order valence-corrected chi connectivity index (χ4v) is 3.67. The van der Waals surface area contributed by atoms with Crippen molar-refractivity contribution in [3.8, 4) is 17.1 Å². The Balaban J connectivity index is 1.12. The third kappa shape index (κ3) is 7.40. The molecular weight excluding hydrogens is 501 g/mol. The van der Waals surface area contributed by atoms with Crippen molar-refractivity contribution >= 4 is 16.6 Å². The Hall–Kier alpha value is -3.71. The van der Waals surface area contributed by atoms with Crippen molar-refractivity contribution in [2.75, 3.05) is 31.6 Å². The molecule has 8 nitrogen and oxygen atoms in total. The van der Waals surface area contributed by atoms with Crippen LogP contribution in [0.4, 0.5) is 27.6 Å². The van der Waals surface area contributed by atoms with Crippen LogP contribution in [0, 0.1) is 11.6 Å². The van der Waals surface area contributed by atoms with Crippen LogP contribution in [0.5, 0.6) is 5.75 Å². The quantitative estimate of drug-likeness (QED) is 0.159. The van der Waals surface area contributed by atoms with E-state index in [1.165, 1.54) is 6.39 Å². The maximum absolute atomic E-state index is 13.7. The molecule has 0 spiro atoms. The van der Waals surface area contributed by atoms with Crippen LogP contribution in [0.15, 0.2) is 47.5 Å². The minimum atomic E-state index is -5.17. The van der Waals surface area contributed by atoms with E-state index >= 15 is 0 Å². The first-order valence-electron chi connectivity index (χ1n) is 11.4. The molecule has 198 valence electrons. The number of anilines is 1. The number of hydrogen-bond donors (Lipinski definition) is 3. The number of aromatic amines is 1. The molecule has 0 radical (unpaired) electrons. The van der Waals surface area contributed by atoms with E-state index in [1.807, 2.05) is 12.1 Å². The second-order valence-electron chi connectivity index (χ2n) is 8.08. The molecule has 0 unspecified atom stereocenters. The van der Waals surface area contributed by atoms with Crippen LogP contribution in [0.2, 0.25) is 0 Å². The van der Waals surface area contributed by atoms with Crippen molar-refractivity contribution in [3.05, 3.63) is 60.3 Å². The van der Waals surface area contributed by atoms with Crippen LogP contribution >= 0.6 is 0 Å². The van der Waals surface area contributed by atoms with Gasteiger partial charge in [-0.1, -0.05) is 0 Å². The number of halogens is 5. The lowest BCUT2D eigenvalue weighted by molar-refractivity contribution is -0.276. The minimum Gasteiger partial charge on any atom is -0.444 e. The second-order valence-corrected chi connectivity index (χ2v) is 8.08. The van der Waals surface area contributed by atoms with Crippen molar-refractivity contribution < 1.29 is 35.8 Å². The third-order valence-corrected chi connectivity index (χ3v) is 5.33. The number of oxazole rings is 1. The van der Waals surface area contributed by atoms with Crippen molar-refractivity contribution in [2.24, 2.45) is 0 Å². The Labute approximate surface area is 208 Å². The first-order chi connectivity index (χ1) is 17.8. The summed E-state index contributed by atoms with van der Waals surface area (Å²) in [7, 11) is 0. The minimum absolute atomic E-state index is 0.0977. The van der Waals surface area contributed by atoms with Crippen LogP contribution in [-0.4, -0.2) is 47.8 Å². The van der Waals surface area contributed by atoms with Crippen LogP contribution in [-0.2, 0) is 11.3 Å². The highest BCUT2D eigenvalue weighted by Gasteiger charge is 2.34. The predicted molar refractivity (Wildman–Crippen MR) is 125 cm³/mol. The van der Waals surface area contributed by atoms with Gasteiger partial charge < -0.3 is 24.5 Å². The first-order valence-corrected chi connectivity index (χ1v) is 11.4. The van der Waals surface area contributed by atoms with Crippen LogP contribution < -0.4 is 15.4 Å². The zero-order chi connectivity index (χ0) is 26.3. The lowest BCUT2D eigenvalue weighted by Crippen LogP contribution is -2.20. The average molecular weight is 525 g/mol. The number of ether oxygens (including phenoxy) is 2. The molecule has 4 rings (SSSR count).